The quantitative estimate of drug-likeness (QED) is 0.723. The third-order valence-electron chi connectivity index (χ3n) is 3.62. The second-order valence-corrected chi connectivity index (χ2v) is 6.23. The lowest BCUT2D eigenvalue weighted by molar-refractivity contribution is 0.443. The minimum Gasteiger partial charge on any atom is -0.307 e. The maximum absolute atomic E-state index is 6.32. The van der Waals surface area contributed by atoms with Crippen molar-refractivity contribution in [3.05, 3.63) is 69.7 Å². The highest BCUT2D eigenvalue weighted by Crippen LogP contribution is 2.28. The molecule has 1 nitrogen and oxygen atoms in total. The standard InChI is InChI=1S/C18H21Cl2N/c1-3-18(16-10-9-15(19)12-17(16)20)21-13(2)11-14-7-5-4-6-8-14/h4-10,12-13,18,21H,3,11H2,1-2H3. The summed E-state index contributed by atoms with van der Waals surface area (Å²) in [6.07, 6.45) is 1.99. The number of hydrogen-bond acceptors (Lipinski definition) is 1. The molecule has 0 aliphatic carbocycles. The van der Waals surface area contributed by atoms with E-state index in [0.717, 1.165) is 23.4 Å². The smallest absolute Gasteiger partial charge is 0.0468 e. The maximum atomic E-state index is 6.32. The summed E-state index contributed by atoms with van der Waals surface area (Å²) < 4.78 is 0. The van der Waals surface area contributed by atoms with Gasteiger partial charge in [0.2, 0.25) is 0 Å². The first-order chi connectivity index (χ1) is 10.1. The summed E-state index contributed by atoms with van der Waals surface area (Å²) in [4.78, 5) is 0. The van der Waals surface area contributed by atoms with Gasteiger partial charge in [0, 0.05) is 22.1 Å². The minimum absolute atomic E-state index is 0.244. The Morgan fingerprint density at radius 1 is 1.05 bits per heavy atom. The molecule has 112 valence electrons. The third kappa shape index (κ3) is 4.74. The molecule has 0 aliphatic heterocycles. The predicted octanol–water partition coefficient (Wildman–Crippen LogP) is 5.67. The molecule has 0 amide bonds. The van der Waals surface area contributed by atoms with E-state index < -0.39 is 0 Å². The number of benzene rings is 2. The lowest BCUT2D eigenvalue weighted by Gasteiger charge is -2.24. The molecule has 0 bridgehead atoms. The summed E-state index contributed by atoms with van der Waals surface area (Å²) in [5.74, 6) is 0. The molecule has 2 aromatic carbocycles. The van der Waals surface area contributed by atoms with Gasteiger partial charge in [-0.3, -0.25) is 0 Å². The van der Waals surface area contributed by atoms with E-state index in [-0.39, 0.29) is 6.04 Å². The lowest BCUT2D eigenvalue weighted by atomic mass is 10.0. The largest absolute Gasteiger partial charge is 0.307 e. The number of halogens is 2. The molecule has 0 aliphatic rings. The average Bonchev–Trinajstić information content (AvgIpc) is 2.46. The van der Waals surface area contributed by atoms with Gasteiger partial charge >= 0.3 is 0 Å². The number of nitrogens with one attached hydrogen (secondary N) is 1. The van der Waals surface area contributed by atoms with Crippen molar-refractivity contribution >= 4 is 23.2 Å². The van der Waals surface area contributed by atoms with Gasteiger partial charge < -0.3 is 5.32 Å². The zero-order valence-electron chi connectivity index (χ0n) is 12.4. The molecule has 0 saturated carbocycles. The van der Waals surface area contributed by atoms with Crippen molar-refractivity contribution in [2.75, 3.05) is 0 Å². The Morgan fingerprint density at radius 3 is 2.38 bits per heavy atom. The first kappa shape index (κ1) is 16.4. The molecule has 3 heteroatoms. The highest BCUT2D eigenvalue weighted by molar-refractivity contribution is 6.35. The van der Waals surface area contributed by atoms with Crippen LogP contribution < -0.4 is 5.32 Å². The van der Waals surface area contributed by atoms with Gasteiger partial charge in [-0.25, -0.2) is 0 Å². The SMILES string of the molecule is CCC(NC(C)Cc1ccccc1)c1ccc(Cl)cc1Cl. The van der Waals surface area contributed by atoms with E-state index in [2.05, 4.69) is 43.4 Å². The Hall–Kier alpha value is -1.02. The van der Waals surface area contributed by atoms with Gasteiger partial charge in [0.05, 0.1) is 0 Å². The molecule has 2 unspecified atom stereocenters. The fourth-order valence-corrected chi connectivity index (χ4v) is 3.12. The van der Waals surface area contributed by atoms with Gasteiger partial charge in [0.15, 0.2) is 0 Å². The Morgan fingerprint density at radius 2 is 1.76 bits per heavy atom. The van der Waals surface area contributed by atoms with E-state index in [1.54, 1.807) is 0 Å². The van der Waals surface area contributed by atoms with Crippen LogP contribution in [0.5, 0.6) is 0 Å². The van der Waals surface area contributed by atoms with Crippen LogP contribution in [0.4, 0.5) is 0 Å². The van der Waals surface area contributed by atoms with Gasteiger partial charge in [-0.15, -0.1) is 0 Å². The molecule has 2 aromatic rings. The highest BCUT2D eigenvalue weighted by atomic mass is 35.5. The lowest BCUT2D eigenvalue weighted by Crippen LogP contribution is -2.32. The Labute approximate surface area is 137 Å². The van der Waals surface area contributed by atoms with E-state index >= 15 is 0 Å². The topological polar surface area (TPSA) is 12.0 Å². The second-order valence-electron chi connectivity index (χ2n) is 5.38. The molecule has 0 aromatic heterocycles. The van der Waals surface area contributed by atoms with E-state index in [1.165, 1.54) is 5.56 Å². The minimum atomic E-state index is 0.244. The monoisotopic (exact) mass is 321 g/mol. The summed E-state index contributed by atoms with van der Waals surface area (Å²) >= 11 is 12.3. The van der Waals surface area contributed by atoms with Crippen LogP contribution in [0.2, 0.25) is 10.0 Å². The summed E-state index contributed by atoms with van der Waals surface area (Å²) in [5, 5.41) is 5.07. The molecule has 2 atom stereocenters. The van der Waals surface area contributed by atoms with E-state index in [1.807, 2.05) is 24.3 Å². The van der Waals surface area contributed by atoms with Crippen LogP contribution in [0.1, 0.15) is 37.4 Å². The summed E-state index contributed by atoms with van der Waals surface area (Å²) in [5.41, 5.74) is 2.46. The van der Waals surface area contributed by atoms with Gasteiger partial charge in [0.25, 0.3) is 0 Å². The molecule has 0 heterocycles. The van der Waals surface area contributed by atoms with E-state index in [0.29, 0.717) is 11.1 Å². The fourth-order valence-electron chi connectivity index (χ4n) is 2.58. The van der Waals surface area contributed by atoms with Crippen LogP contribution >= 0.6 is 23.2 Å². The molecule has 0 saturated heterocycles. The van der Waals surface area contributed by atoms with Crippen molar-refractivity contribution in [1.82, 2.24) is 5.32 Å². The summed E-state index contributed by atoms with van der Waals surface area (Å²) in [6.45, 7) is 4.37. The Kier molecular flexibility index (Phi) is 6.10. The first-order valence-corrected chi connectivity index (χ1v) is 8.10. The van der Waals surface area contributed by atoms with Crippen molar-refractivity contribution < 1.29 is 0 Å². The van der Waals surface area contributed by atoms with Crippen LogP contribution in [-0.4, -0.2) is 6.04 Å². The Bertz CT molecular complexity index is 569. The van der Waals surface area contributed by atoms with Crippen LogP contribution in [0, 0.1) is 0 Å². The summed E-state index contributed by atoms with van der Waals surface area (Å²) in [7, 11) is 0. The van der Waals surface area contributed by atoms with Gasteiger partial charge in [-0.2, -0.15) is 0 Å². The maximum Gasteiger partial charge on any atom is 0.0468 e. The van der Waals surface area contributed by atoms with Crippen molar-refractivity contribution in [3.63, 3.8) is 0 Å². The highest BCUT2D eigenvalue weighted by Gasteiger charge is 2.15. The van der Waals surface area contributed by atoms with Gasteiger partial charge in [0.1, 0.15) is 0 Å². The van der Waals surface area contributed by atoms with Crippen molar-refractivity contribution in [1.29, 1.82) is 0 Å². The van der Waals surface area contributed by atoms with Crippen LogP contribution in [0.15, 0.2) is 48.5 Å². The molecular formula is C18H21Cl2N. The second kappa shape index (κ2) is 7.84. The van der Waals surface area contributed by atoms with Gasteiger partial charge in [-0.05, 0) is 43.0 Å². The molecule has 0 fully saturated rings. The van der Waals surface area contributed by atoms with Crippen molar-refractivity contribution in [3.8, 4) is 0 Å². The molecule has 1 N–H and O–H groups in total. The zero-order valence-corrected chi connectivity index (χ0v) is 14.0. The third-order valence-corrected chi connectivity index (χ3v) is 4.18. The van der Waals surface area contributed by atoms with Gasteiger partial charge in [-0.1, -0.05) is 66.5 Å². The predicted molar refractivity (Wildman–Crippen MR) is 92.2 cm³/mol. The molecular weight excluding hydrogens is 301 g/mol. The van der Waals surface area contributed by atoms with E-state index in [9.17, 15) is 0 Å². The zero-order chi connectivity index (χ0) is 15.2. The van der Waals surface area contributed by atoms with Crippen molar-refractivity contribution in [2.24, 2.45) is 0 Å². The molecule has 2 rings (SSSR count). The van der Waals surface area contributed by atoms with E-state index in [4.69, 9.17) is 23.2 Å². The first-order valence-electron chi connectivity index (χ1n) is 7.35. The Balaban J connectivity index is 2.04. The van der Waals surface area contributed by atoms with Crippen LogP contribution in [0.3, 0.4) is 0 Å². The number of hydrogen-bond donors (Lipinski definition) is 1. The van der Waals surface area contributed by atoms with Crippen LogP contribution in [-0.2, 0) is 6.42 Å². The number of rotatable bonds is 6. The average molecular weight is 322 g/mol. The fraction of sp³-hybridized carbons (Fsp3) is 0.333. The normalized spacial score (nSPS) is 13.9. The summed E-state index contributed by atoms with van der Waals surface area (Å²) in [6, 6.07) is 16.9. The molecule has 0 radical (unpaired) electrons. The molecule has 21 heavy (non-hydrogen) atoms. The molecule has 0 spiro atoms. The van der Waals surface area contributed by atoms with Crippen molar-refractivity contribution in [2.45, 2.75) is 38.8 Å². The van der Waals surface area contributed by atoms with Crippen LogP contribution in [0.25, 0.3) is 0 Å².